The summed E-state index contributed by atoms with van der Waals surface area (Å²) >= 11 is 6.35. The molecule has 0 amide bonds. The molecular formula is C19H25ClN4. The third-order valence-electron chi connectivity index (χ3n) is 5.42. The topological polar surface area (TPSA) is 33.1 Å². The van der Waals surface area contributed by atoms with Crippen LogP contribution in [0.2, 0.25) is 5.02 Å². The molecule has 5 heteroatoms. The van der Waals surface area contributed by atoms with Crippen LogP contribution < -0.4 is 5.32 Å². The van der Waals surface area contributed by atoms with E-state index in [4.69, 9.17) is 16.7 Å². The van der Waals surface area contributed by atoms with Crippen molar-refractivity contribution in [3.63, 3.8) is 0 Å². The number of halogens is 1. The van der Waals surface area contributed by atoms with Gasteiger partial charge in [0, 0.05) is 17.1 Å². The standard InChI is InChI=1S/C19H25ClN4/c1-3-23-11-5-4-6-17(23)18-15-9-10-21-19(15)24(22-18)14-8-7-13(2)16(20)12-14/h7-8,12,17,21H,3-6,9-11H2,1-2H3. The normalized spacial score (nSPS) is 20.9. The molecule has 1 unspecified atom stereocenters. The molecule has 0 saturated carbocycles. The van der Waals surface area contributed by atoms with E-state index in [1.807, 2.05) is 13.0 Å². The van der Waals surface area contributed by atoms with E-state index in [-0.39, 0.29) is 0 Å². The highest BCUT2D eigenvalue weighted by molar-refractivity contribution is 6.31. The molecule has 1 N–H and O–H groups in total. The van der Waals surface area contributed by atoms with E-state index in [1.165, 1.54) is 37.1 Å². The van der Waals surface area contributed by atoms with E-state index >= 15 is 0 Å². The van der Waals surface area contributed by atoms with Gasteiger partial charge in [0.2, 0.25) is 0 Å². The van der Waals surface area contributed by atoms with E-state index < -0.39 is 0 Å². The van der Waals surface area contributed by atoms with Crippen LogP contribution in [0.1, 0.15) is 49.0 Å². The molecule has 2 aliphatic rings. The van der Waals surface area contributed by atoms with Crippen molar-refractivity contribution in [3.8, 4) is 5.69 Å². The van der Waals surface area contributed by atoms with Gasteiger partial charge in [0.05, 0.1) is 17.4 Å². The summed E-state index contributed by atoms with van der Waals surface area (Å²) in [6.45, 7) is 7.57. The maximum absolute atomic E-state index is 6.35. The Hall–Kier alpha value is -1.52. The number of aromatic nitrogens is 2. The highest BCUT2D eigenvalue weighted by Gasteiger charge is 2.32. The first kappa shape index (κ1) is 16.0. The SMILES string of the molecule is CCN1CCCCC1c1nn(-c2ccc(C)c(Cl)c2)c2c1CCN2. The molecule has 2 aliphatic heterocycles. The zero-order chi connectivity index (χ0) is 16.7. The number of rotatable bonds is 3. The van der Waals surface area contributed by atoms with Gasteiger partial charge in [0.1, 0.15) is 5.82 Å². The Morgan fingerprint density at radius 3 is 3.00 bits per heavy atom. The monoisotopic (exact) mass is 344 g/mol. The molecule has 0 radical (unpaired) electrons. The minimum atomic E-state index is 0.458. The predicted octanol–water partition coefficient (Wildman–Crippen LogP) is 4.35. The van der Waals surface area contributed by atoms with Gasteiger partial charge in [-0.05, 0) is 57.0 Å². The van der Waals surface area contributed by atoms with Crippen LogP contribution in [0, 0.1) is 6.92 Å². The Morgan fingerprint density at radius 1 is 1.33 bits per heavy atom. The number of fused-ring (bicyclic) bond motifs is 1. The third-order valence-corrected chi connectivity index (χ3v) is 5.82. The number of nitrogens with zero attached hydrogens (tertiary/aromatic N) is 3. The summed E-state index contributed by atoms with van der Waals surface area (Å²) in [4.78, 5) is 2.58. The van der Waals surface area contributed by atoms with Crippen molar-refractivity contribution < 1.29 is 0 Å². The van der Waals surface area contributed by atoms with Crippen molar-refractivity contribution in [1.29, 1.82) is 0 Å². The van der Waals surface area contributed by atoms with Crippen LogP contribution in [-0.2, 0) is 6.42 Å². The fourth-order valence-electron chi connectivity index (χ4n) is 4.05. The summed E-state index contributed by atoms with van der Waals surface area (Å²) < 4.78 is 2.06. The number of aryl methyl sites for hydroxylation is 1. The summed E-state index contributed by atoms with van der Waals surface area (Å²) in [7, 11) is 0. The van der Waals surface area contributed by atoms with Crippen molar-refractivity contribution in [3.05, 3.63) is 40.0 Å². The molecular weight excluding hydrogens is 320 g/mol. The van der Waals surface area contributed by atoms with Gasteiger partial charge in [0.25, 0.3) is 0 Å². The molecule has 24 heavy (non-hydrogen) atoms. The highest BCUT2D eigenvalue weighted by atomic mass is 35.5. The maximum Gasteiger partial charge on any atom is 0.133 e. The second-order valence-corrected chi connectivity index (χ2v) is 7.28. The second-order valence-electron chi connectivity index (χ2n) is 6.87. The Balaban J connectivity index is 1.78. The summed E-state index contributed by atoms with van der Waals surface area (Å²) in [6, 6.07) is 6.65. The first-order valence-corrected chi connectivity index (χ1v) is 9.43. The van der Waals surface area contributed by atoms with Crippen LogP contribution in [0.5, 0.6) is 0 Å². The Labute approximate surface area is 148 Å². The number of piperidine rings is 1. The Kier molecular flexibility index (Phi) is 4.27. The predicted molar refractivity (Wildman–Crippen MR) is 99.3 cm³/mol. The molecule has 0 spiro atoms. The van der Waals surface area contributed by atoms with Gasteiger partial charge in [0.15, 0.2) is 0 Å². The largest absolute Gasteiger partial charge is 0.369 e. The van der Waals surface area contributed by atoms with Gasteiger partial charge in [-0.1, -0.05) is 31.0 Å². The van der Waals surface area contributed by atoms with Gasteiger partial charge >= 0.3 is 0 Å². The molecule has 2 aromatic rings. The van der Waals surface area contributed by atoms with E-state index in [2.05, 4.69) is 34.0 Å². The number of anilines is 1. The van der Waals surface area contributed by atoms with E-state index in [1.54, 1.807) is 0 Å². The van der Waals surface area contributed by atoms with Crippen LogP contribution in [0.4, 0.5) is 5.82 Å². The van der Waals surface area contributed by atoms with Crippen LogP contribution in [0.3, 0.4) is 0 Å². The van der Waals surface area contributed by atoms with Crippen molar-refractivity contribution in [2.45, 2.75) is 45.6 Å². The van der Waals surface area contributed by atoms with Crippen LogP contribution in [-0.4, -0.2) is 34.3 Å². The number of nitrogens with one attached hydrogen (secondary N) is 1. The molecule has 3 heterocycles. The van der Waals surface area contributed by atoms with Crippen molar-refractivity contribution in [2.24, 2.45) is 0 Å². The lowest BCUT2D eigenvalue weighted by Crippen LogP contribution is -2.33. The molecule has 4 nitrogen and oxygen atoms in total. The minimum Gasteiger partial charge on any atom is -0.369 e. The number of likely N-dealkylation sites (tertiary alicyclic amines) is 1. The molecule has 128 valence electrons. The molecule has 0 aliphatic carbocycles. The fourth-order valence-corrected chi connectivity index (χ4v) is 4.22. The molecule has 1 saturated heterocycles. The van der Waals surface area contributed by atoms with E-state index in [0.717, 1.165) is 41.6 Å². The van der Waals surface area contributed by atoms with Crippen molar-refractivity contribution in [2.75, 3.05) is 25.0 Å². The highest BCUT2D eigenvalue weighted by Crippen LogP contribution is 2.38. The maximum atomic E-state index is 6.35. The van der Waals surface area contributed by atoms with Gasteiger partial charge in [-0.15, -0.1) is 0 Å². The zero-order valence-electron chi connectivity index (χ0n) is 14.5. The average Bonchev–Trinajstić information content (AvgIpc) is 3.20. The van der Waals surface area contributed by atoms with Gasteiger partial charge in [-0.2, -0.15) is 5.10 Å². The third kappa shape index (κ3) is 2.62. The average molecular weight is 345 g/mol. The first-order valence-electron chi connectivity index (χ1n) is 9.05. The van der Waals surface area contributed by atoms with Crippen LogP contribution in [0.15, 0.2) is 18.2 Å². The van der Waals surface area contributed by atoms with E-state index in [9.17, 15) is 0 Å². The summed E-state index contributed by atoms with van der Waals surface area (Å²) in [5.41, 5.74) is 4.81. The Bertz CT molecular complexity index is 752. The van der Waals surface area contributed by atoms with Crippen LogP contribution in [0.25, 0.3) is 5.69 Å². The number of hydrogen-bond acceptors (Lipinski definition) is 3. The second kappa shape index (κ2) is 6.41. The lowest BCUT2D eigenvalue weighted by Gasteiger charge is -2.34. The molecule has 1 aromatic heterocycles. The van der Waals surface area contributed by atoms with E-state index in [0.29, 0.717) is 6.04 Å². The van der Waals surface area contributed by atoms with Gasteiger partial charge in [-0.25, -0.2) is 4.68 Å². The molecule has 1 fully saturated rings. The van der Waals surface area contributed by atoms with Crippen molar-refractivity contribution >= 4 is 17.4 Å². The fraction of sp³-hybridized carbons (Fsp3) is 0.526. The summed E-state index contributed by atoms with van der Waals surface area (Å²) in [5, 5.41) is 9.38. The molecule has 1 aromatic carbocycles. The summed E-state index contributed by atoms with van der Waals surface area (Å²) in [5.74, 6) is 1.16. The minimum absolute atomic E-state index is 0.458. The van der Waals surface area contributed by atoms with Crippen LogP contribution >= 0.6 is 11.6 Å². The van der Waals surface area contributed by atoms with Crippen molar-refractivity contribution in [1.82, 2.24) is 14.7 Å². The summed E-state index contributed by atoms with van der Waals surface area (Å²) in [6.07, 6.45) is 4.88. The molecule has 1 atom stereocenters. The smallest absolute Gasteiger partial charge is 0.133 e. The lowest BCUT2D eigenvalue weighted by molar-refractivity contribution is 0.153. The number of benzene rings is 1. The van der Waals surface area contributed by atoms with Gasteiger partial charge < -0.3 is 5.32 Å². The number of hydrogen-bond donors (Lipinski definition) is 1. The lowest BCUT2D eigenvalue weighted by atomic mass is 9.96. The zero-order valence-corrected chi connectivity index (χ0v) is 15.2. The molecule has 0 bridgehead atoms. The quantitative estimate of drug-likeness (QED) is 0.898. The first-order chi connectivity index (χ1) is 11.7. The molecule has 4 rings (SSSR count). The Morgan fingerprint density at radius 2 is 2.21 bits per heavy atom. The van der Waals surface area contributed by atoms with Gasteiger partial charge in [-0.3, -0.25) is 4.90 Å².